The summed E-state index contributed by atoms with van der Waals surface area (Å²) in [6, 6.07) is 8.21. The van der Waals surface area contributed by atoms with Crippen molar-refractivity contribution >= 4 is 23.8 Å². The first kappa shape index (κ1) is 14.7. The molecule has 2 aromatic rings. The van der Waals surface area contributed by atoms with E-state index < -0.39 is 16.8 Å². The van der Waals surface area contributed by atoms with Crippen LogP contribution in [0.4, 0.5) is 5.88 Å². The molecule has 3 rings (SSSR count). The van der Waals surface area contributed by atoms with Crippen molar-refractivity contribution in [2.45, 2.75) is 13.8 Å². The zero-order valence-electron chi connectivity index (χ0n) is 12.4. The molecular formula is C16H12N2O5. The molecule has 0 N–H and O–H groups in total. The second-order valence-corrected chi connectivity index (χ2v) is 5.07. The monoisotopic (exact) mass is 312 g/mol. The maximum absolute atomic E-state index is 11.9. The molecule has 0 spiro atoms. The van der Waals surface area contributed by atoms with Gasteiger partial charge >= 0.3 is 11.9 Å². The summed E-state index contributed by atoms with van der Waals surface area (Å²) in [4.78, 5) is 25.9. The molecule has 0 radical (unpaired) electrons. The minimum atomic E-state index is -0.654. The van der Waals surface area contributed by atoms with Crippen molar-refractivity contribution in [1.29, 1.82) is 0 Å². The Balaban J connectivity index is 1.92. The highest BCUT2D eigenvalue weighted by Crippen LogP contribution is 2.23. The highest BCUT2D eigenvalue weighted by Gasteiger charge is 2.25. The van der Waals surface area contributed by atoms with Gasteiger partial charge in [-0.1, -0.05) is 6.07 Å². The van der Waals surface area contributed by atoms with Crippen molar-refractivity contribution in [3.63, 3.8) is 0 Å². The third-order valence-corrected chi connectivity index (χ3v) is 3.45. The lowest BCUT2D eigenvalue weighted by molar-refractivity contribution is -0.402. The molecule has 1 aliphatic heterocycles. The highest BCUT2D eigenvalue weighted by molar-refractivity contribution is 6.12. The number of aryl methyl sites for hydroxylation is 2. The molecule has 0 bridgehead atoms. The van der Waals surface area contributed by atoms with Crippen LogP contribution in [0.15, 0.2) is 45.4 Å². The van der Waals surface area contributed by atoms with Gasteiger partial charge in [0.15, 0.2) is 5.70 Å². The van der Waals surface area contributed by atoms with Gasteiger partial charge in [0.1, 0.15) is 10.7 Å². The van der Waals surface area contributed by atoms with Gasteiger partial charge in [-0.3, -0.25) is 10.1 Å². The lowest BCUT2D eigenvalue weighted by atomic mass is 10.1. The van der Waals surface area contributed by atoms with Gasteiger partial charge in [-0.25, -0.2) is 9.79 Å². The van der Waals surface area contributed by atoms with E-state index in [0.29, 0.717) is 5.56 Å². The van der Waals surface area contributed by atoms with E-state index in [4.69, 9.17) is 9.15 Å². The largest absolute Gasteiger partial charge is 0.433 e. The minimum Gasteiger partial charge on any atom is -0.402 e. The number of furan rings is 1. The Morgan fingerprint density at radius 1 is 1.17 bits per heavy atom. The Labute approximate surface area is 131 Å². The van der Waals surface area contributed by atoms with Gasteiger partial charge in [-0.05, 0) is 43.2 Å². The van der Waals surface area contributed by atoms with E-state index in [1.807, 2.05) is 32.0 Å². The number of benzene rings is 1. The number of nitro groups is 1. The number of hydrogen-bond acceptors (Lipinski definition) is 6. The fourth-order valence-electron chi connectivity index (χ4n) is 2.06. The van der Waals surface area contributed by atoms with Crippen LogP contribution in [0.2, 0.25) is 0 Å². The Kier molecular flexibility index (Phi) is 3.53. The van der Waals surface area contributed by atoms with Crippen molar-refractivity contribution < 1.29 is 18.9 Å². The third-order valence-electron chi connectivity index (χ3n) is 3.45. The van der Waals surface area contributed by atoms with Crippen LogP contribution < -0.4 is 0 Å². The van der Waals surface area contributed by atoms with E-state index in [0.717, 1.165) is 11.1 Å². The number of ether oxygens (including phenoxy) is 1. The maximum Gasteiger partial charge on any atom is 0.433 e. The fourth-order valence-corrected chi connectivity index (χ4v) is 2.06. The van der Waals surface area contributed by atoms with Crippen LogP contribution in [0, 0.1) is 24.0 Å². The number of esters is 1. The van der Waals surface area contributed by atoms with Crippen LogP contribution >= 0.6 is 0 Å². The smallest absolute Gasteiger partial charge is 0.402 e. The summed E-state index contributed by atoms with van der Waals surface area (Å²) in [5, 5.41) is 10.6. The first-order chi connectivity index (χ1) is 10.9. The summed E-state index contributed by atoms with van der Waals surface area (Å²) < 4.78 is 10.1. The summed E-state index contributed by atoms with van der Waals surface area (Å²) in [6.07, 6.45) is 1.31. The van der Waals surface area contributed by atoms with E-state index in [-0.39, 0.29) is 17.4 Å². The molecule has 1 aromatic heterocycles. The van der Waals surface area contributed by atoms with Crippen molar-refractivity contribution in [3.05, 3.63) is 68.6 Å². The van der Waals surface area contributed by atoms with Gasteiger partial charge < -0.3 is 9.15 Å². The number of carbonyl (C=O) groups excluding carboxylic acids is 1. The third kappa shape index (κ3) is 2.89. The average molecular weight is 312 g/mol. The lowest BCUT2D eigenvalue weighted by Gasteiger charge is -2.03. The summed E-state index contributed by atoms with van der Waals surface area (Å²) in [5.41, 5.74) is 2.90. The molecule has 0 unspecified atom stereocenters. The molecule has 0 aliphatic carbocycles. The first-order valence-electron chi connectivity index (χ1n) is 6.78. The van der Waals surface area contributed by atoms with Crippen molar-refractivity contribution in [1.82, 2.24) is 0 Å². The summed E-state index contributed by atoms with van der Waals surface area (Å²) in [5.74, 6) is -0.669. The van der Waals surface area contributed by atoms with Gasteiger partial charge in [-0.2, -0.15) is 0 Å². The molecule has 0 atom stereocenters. The van der Waals surface area contributed by atoms with E-state index in [1.54, 1.807) is 0 Å². The van der Waals surface area contributed by atoms with Crippen LogP contribution in [-0.2, 0) is 9.53 Å². The van der Waals surface area contributed by atoms with E-state index in [1.165, 1.54) is 18.2 Å². The predicted octanol–water partition coefficient (Wildman–Crippen LogP) is 3.15. The molecule has 0 amide bonds. The molecule has 7 heteroatoms. The number of carbonyl (C=O) groups is 1. The van der Waals surface area contributed by atoms with Crippen LogP contribution in [0.3, 0.4) is 0 Å². The Hall–Kier alpha value is -3.22. The predicted molar refractivity (Wildman–Crippen MR) is 81.9 cm³/mol. The van der Waals surface area contributed by atoms with Crippen molar-refractivity contribution in [2.24, 2.45) is 4.99 Å². The second-order valence-electron chi connectivity index (χ2n) is 5.07. The number of nitrogens with zero attached hydrogens (tertiary/aromatic N) is 2. The van der Waals surface area contributed by atoms with E-state index in [2.05, 4.69) is 4.99 Å². The van der Waals surface area contributed by atoms with Crippen molar-refractivity contribution in [2.75, 3.05) is 0 Å². The molecule has 0 saturated carbocycles. The molecular weight excluding hydrogens is 300 g/mol. The Morgan fingerprint density at radius 3 is 2.61 bits per heavy atom. The first-order valence-corrected chi connectivity index (χ1v) is 6.78. The molecule has 7 nitrogen and oxygen atoms in total. The molecule has 0 fully saturated rings. The number of aliphatic imine (C=N–C) groups is 1. The van der Waals surface area contributed by atoms with Crippen molar-refractivity contribution in [3.8, 4) is 0 Å². The summed E-state index contributed by atoms with van der Waals surface area (Å²) in [7, 11) is 0. The molecule has 1 aromatic carbocycles. The number of cyclic esters (lactones) is 1. The molecule has 23 heavy (non-hydrogen) atoms. The minimum absolute atomic E-state index is 0.0301. The summed E-state index contributed by atoms with van der Waals surface area (Å²) >= 11 is 0. The second kappa shape index (κ2) is 5.53. The standard InChI is InChI=1S/C16H12N2O5/c1-9-3-4-11(7-10(9)2)15-17-13(16(19)23-15)8-12-5-6-14(22-12)18(20)21/h3-8H,1-2H3/b13-8-. The van der Waals surface area contributed by atoms with Gasteiger partial charge in [0.05, 0.1) is 6.07 Å². The SMILES string of the molecule is Cc1ccc(C2=N/C(=C\c3ccc([N+](=O)[O-])o3)C(=O)O2)cc1C. The Morgan fingerprint density at radius 2 is 1.96 bits per heavy atom. The van der Waals surface area contributed by atoms with Gasteiger partial charge in [-0.15, -0.1) is 0 Å². The van der Waals surface area contributed by atoms with Crippen LogP contribution in [-0.4, -0.2) is 16.8 Å². The zero-order chi connectivity index (χ0) is 16.6. The average Bonchev–Trinajstić information content (AvgIpc) is 3.10. The Bertz CT molecular complexity index is 876. The van der Waals surface area contributed by atoms with E-state index >= 15 is 0 Å². The molecule has 1 aliphatic rings. The lowest BCUT2D eigenvalue weighted by Crippen LogP contribution is -2.05. The highest BCUT2D eigenvalue weighted by atomic mass is 16.6. The molecule has 116 valence electrons. The number of hydrogen-bond donors (Lipinski definition) is 0. The topological polar surface area (TPSA) is 94.9 Å². The quantitative estimate of drug-likeness (QED) is 0.375. The summed E-state index contributed by atoms with van der Waals surface area (Å²) in [6.45, 7) is 3.94. The number of rotatable bonds is 3. The fraction of sp³-hybridized carbons (Fsp3) is 0.125. The molecule has 0 saturated heterocycles. The maximum atomic E-state index is 11.9. The van der Waals surface area contributed by atoms with E-state index in [9.17, 15) is 14.9 Å². The normalized spacial score (nSPS) is 15.7. The van der Waals surface area contributed by atoms with Crippen LogP contribution in [0.1, 0.15) is 22.5 Å². The molecule has 2 heterocycles. The van der Waals surface area contributed by atoms with Gasteiger partial charge in [0.2, 0.25) is 5.90 Å². The van der Waals surface area contributed by atoms with Gasteiger partial charge in [0, 0.05) is 11.6 Å². The van der Waals surface area contributed by atoms with Crippen LogP contribution in [0.25, 0.3) is 6.08 Å². The van der Waals surface area contributed by atoms with Gasteiger partial charge in [0.25, 0.3) is 0 Å². The zero-order valence-corrected chi connectivity index (χ0v) is 12.4. The van der Waals surface area contributed by atoms with Crippen LogP contribution in [0.5, 0.6) is 0 Å².